The average Bonchev–Trinajstić information content (AvgIpc) is 3.33. The SMILES string of the molecule is NC(=O)c1cc(-c2cccc(F)c2)cc2c(C3CCN(S(=O)(=O)CCCN4CCOCC4)CC3)n[nH]c12. The summed E-state index contributed by atoms with van der Waals surface area (Å²) in [6.45, 7) is 4.70. The van der Waals surface area contributed by atoms with Crippen LogP contribution in [0.2, 0.25) is 0 Å². The molecule has 3 N–H and O–H groups in total. The summed E-state index contributed by atoms with van der Waals surface area (Å²) in [5.41, 5.74) is 8.57. The third kappa shape index (κ3) is 5.69. The van der Waals surface area contributed by atoms with E-state index in [0.29, 0.717) is 62.2 Å². The van der Waals surface area contributed by atoms with Crippen molar-refractivity contribution in [3.63, 3.8) is 0 Å². The minimum atomic E-state index is -3.33. The van der Waals surface area contributed by atoms with Crippen LogP contribution in [-0.2, 0) is 14.8 Å². The number of nitrogens with zero attached hydrogens (tertiary/aromatic N) is 3. The maximum atomic E-state index is 13.9. The van der Waals surface area contributed by atoms with Crippen LogP contribution in [0.1, 0.15) is 41.2 Å². The molecule has 1 amide bonds. The summed E-state index contributed by atoms with van der Waals surface area (Å²) in [6.07, 6.45) is 1.85. The second-order valence-corrected chi connectivity index (χ2v) is 11.8. The number of morpholine rings is 1. The number of piperidine rings is 1. The fraction of sp³-hybridized carbons (Fsp3) is 0.462. The number of benzene rings is 2. The molecule has 2 fully saturated rings. The number of aromatic amines is 1. The molecule has 37 heavy (non-hydrogen) atoms. The van der Waals surface area contributed by atoms with Crippen molar-refractivity contribution in [2.24, 2.45) is 5.73 Å². The van der Waals surface area contributed by atoms with Crippen molar-refractivity contribution < 1.29 is 22.3 Å². The molecule has 2 saturated heterocycles. The first-order chi connectivity index (χ1) is 17.8. The van der Waals surface area contributed by atoms with Crippen LogP contribution >= 0.6 is 0 Å². The summed E-state index contributed by atoms with van der Waals surface area (Å²) >= 11 is 0. The molecule has 2 aliphatic rings. The minimum Gasteiger partial charge on any atom is -0.379 e. The van der Waals surface area contributed by atoms with Crippen LogP contribution in [0.5, 0.6) is 0 Å². The molecule has 3 heterocycles. The zero-order valence-electron chi connectivity index (χ0n) is 20.7. The Bertz CT molecular complexity index is 1380. The predicted octanol–water partition coefficient (Wildman–Crippen LogP) is 2.70. The molecule has 11 heteroatoms. The summed E-state index contributed by atoms with van der Waals surface area (Å²) in [6, 6.07) is 9.71. The summed E-state index contributed by atoms with van der Waals surface area (Å²) in [7, 11) is -3.33. The van der Waals surface area contributed by atoms with Gasteiger partial charge >= 0.3 is 0 Å². The van der Waals surface area contributed by atoms with Gasteiger partial charge in [-0.3, -0.25) is 14.8 Å². The van der Waals surface area contributed by atoms with Crippen LogP contribution < -0.4 is 5.73 Å². The van der Waals surface area contributed by atoms with Gasteiger partial charge in [0, 0.05) is 37.5 Å². The Morgan fingerprint density at radius 3 is 2.57 bits per heavy atom. The van der Waals surface area contributed by atoms with E-state index in [0.717, 1.165) is 30.7 Å². The number of halogens is 1. The molecule has 0 radical (unpaired) electrons. The average molecular weight is 530 g/mol. The number of primary amides is 1. The fourth-order valence-corrected chi connectivity index (χ4v) is 6.83. The van der Waals surface area contributed by atoms with Crippen molar-refractivity contribution in [3.8, 4) is 11.1 Å². The van der Waals surface area contributed by atoms with Crippen molar-refractivity contribution in [1.29, 1.82) is 0 Å². The van der Waals surface area contributed by atoms with Crippen LogP contribution in [-0.4, -0.2) is 85.4 Å². The number of rotatable bonds is 8. The molecule has 0 bridgehead atoms. The van der Waals surface area contributed by atoms with Gasteiger partial charge in [-0.15, -0.1) is 0 Å². The second kappa shape index (κ2) is 10.9. The fourth-order valence-electron chi connectivity index (χ4n) is 5.31. The highest BCUT2D eigenvalue weighted by Gasteiger charge is 2.31. The molecule has 0 atom stereocenters. The molecule has 0 spiro atoms. The highest BCUT2D eigenvalue weighted by Crippen LogP contribution is 2.36. The molecule has 1 aromatic heterocycles. The van der Waals surface area contributed by atoms with E-state index in [4.69, 9.17) is 10.5 Å². The molecule has 2 aliphatic heterocycles. The number of sulfonamides is 1. The zero-order chi connectivity index (χ0) is 26.0. The molecule has 2 aromatic carbocycles. The van der Waals surface area contributed by atoms with Gasteiger partial charge in [0.15, 0.2) is 0 Å². The molecule has 198 valence electrons. The van der Waals surface area contributed by atoms with E-state index in [-0.39, 0.29) is 23.1 Å². The topological polar surface area (TPSA) is 122 Å². The largest absolute Gasteiger partial charge is 0.379 e. The summed E-state index contributed by atoms with van der Waals surface area (Å²) in [5, 5.41) is 8.22. The third-order valence-corrected chi connectivity index (χ3v) is 9.30. The molecule has 5 rings (SSSR count). The Morgan fingerprint density at radius 2 is 1.86 bits per heavy atom. The predicted molar refractivity (Wildman–Crippen MR) is 139 cm³/mol. The number of aromatic nitrogens is 2. The number of carbonyl (C=O) groups excluding carboxylic acids is 1. The number of ether oxygens (including phenoxy) is 1. The lowest BCUT2D eigenvalue weighted by molar-refractivity contribution is 0.0380. The molecular formula is C26H32FN5O4S. The van der Waals surface area contributed by atoms with Crippen LogP contribution in [0.15, 0.2) is 36.4 Å². The van der Waals surface area contributed by atoms with Gasteiger partial charge in [-0.25, -0.2) is 17.1 Å². The number of amides is 1. The monoisotopic (exact) mass is 529 g/mol. The number of nitrogens with one attached hydrogen (secondary N) is 1. The summed E-state index contributed by atoms with van der Waals surface area (Å²) < 4.78 is 46.7. The van der Waals surface area contributed by atoms with Gasteiger partial charge in [-0.1, -0.05) is 12.1 Å². The van der Waals surface area contributed by atoms with E-state index >= 15 is 0 Å². The van der Waals surface area contributed by atoms with Crippen LogP contribution in [0.4, 0.5) is 4.39 Å². The maximum Gasteiger partial charge on any atom is 0.250 e. The van der Waals surface area contributed by atoms with E-state index in [1.807, 2.05) is 6.07 Å². The van der Waals surface area contributed by atoms with Crippen molar-refractivity contribution in [1.82, 2.24) is 19.4 Å². The van der Waals surface area contributed by atoms with Crippen molar-refractivity contribution >= 4 is 26.8 Å². The Labute approximate surface area is 215 Å². The van der Waals surface area contributed by atoms with Gasteiger partial charge < -0.3 is 10.5 Å². The standard InChI is InChI=1S/C26H32FN5O4S/c27-21-4-1-3-19(15-21)20-16-22-24(29-30-25(22)23(17-20)26(28)33)18-5-8-32(9-6-18)37(34,35)14-2-7-31-10-12-36-13-11-31/h1,3-4,15-18H,2,5-14H2,(H2,28,33)(H,29,30). The molecule has 0 unspecified atom stereocenters. The quantitative estimate of drug-likeness (QED) is 0.463. The Hall–Kier alpha value is -2.86. The van der Waals surface area contributed by atoms with E-state index < -0.39 is 15.9 Å². The number of hydrogen-bond acceptors (Lipinski definition) is 6. The lowest BCUT2D eigenvalue weighted by atomic mass is 9.90. The third-order valence-electron chi connectivity index (χ3n) is 7.34. The summed E-state index contributed by atoms with van der Waals surface area (Å²) in [4.78, 5) is 14.5. The van der Waals surface area contributed by atoms with Crippen molar-refractivity contribution in [2.45, 2.75) is 25.2 Å². The van der Waals surface area contributed by atoms with Gasteiger partial charge in [0.1, 0.15) is 5.82 Å². The highest BCUT2D eigenvalue weighted by atomic mass is 32.2. The van der Waals surface area contributed by atoms with E-state index in [1.165, 1.54) is 12.1 Å². The first kappa shape index (κ1) is 25.8. The van der Waals surface area contributed by atoms with Gasteiger partial charge in [-0.05, 0) is 61.2 Å². The number of fused-ring (bicyclic) bond motifs is 1. The number of nitrogens with two attached hydrogens (primary N) is 1. The second-order valence-electron chi connectivity index (χ2n) is 9.73. The van der Waals surface area contributed by atoms with Gasteiger partial charge in [-0.2, -0.15) is 5.10 Å². The molecule has 3 aromatic rings. The summed E-state index contributed by atoms with van der Waals surface area (Å²) in [5.74, 6) is -0.808. The maximum absolute atomic E-state index is 13.9. The Kier molecular flexibility index (Phi) is 7.57. The van der Waals surface area contributed by atoms with Crippen LogP contribution in [0, 0.1) is 5.82 Å². The zero-order valence-corrected chi connectivity index (χ0v) is 21.5. The normalized spacial score (nSPS) is 18.4. The molecule has 9 nitrogen and oxygen atoms in total. The lowest BCUT2D eigenvalue weighted by Gasteiger charge is -2.31. The van der Waals surface area contributed by atoms with Crippen LogP contribution in [0.25, 0.3) is 22.0 Å². The van der Waals surface area contributed by atoms with Gasteiger partial charge in [0.2, 0.25) is 10.0 Å². The Morgan fingerprint density at radius 1 is 1.11 bits per heavy atom. The molecule has 0 saturated carbocycles. The van der Waals surface area contributed by atoms with Gasteiger partial charge in [0.05, 0.1) is 35.7 Å². The van der Waals surface area contributed by atoms with E-state index in [2.05, 4.69) is 15.1 Å². The smallest absolute Gasteiger partial charge is 0.250 e. The first-order valence-corrected chi connectivity index (χ1v) is 14.3. The lowest BCUT2D eigenvalue weighted by Crippen LogP contribution is -2.41. The van der Waals surface area contributed by atoms with Gasteiger partial charge in [0.25, 0.3) is 5.91 Å². The van der Waals surface area contributed by atoms with Crippen molar-refractivity contribution in [3.05, 3.63) is 53.5 Å². The number of carbonyl (C=O) groups is 1. The first-order valence-electron chi connectivity index (χ1n) is 12.7. The number of hydrogen-bond donors (Lipinski definition) is 2. The van der Waals surface area contributed by atoms with Crippen molar-refractivity contribution in [2.75, 3.05) is 51.7 Å². The minimum absolute atomic E-state index is 0.0250. The number of H-pyrrole nitrogens is 1. The van der Waals surface area contributed by atoms with E-state index in [9.17, 15) is 17.6 Å². The van der Waals surface area contributed by atoms with Crippen LogP contribution in [0.3, 0.4) is 0 Å². The highest BCUT2D eigenvalue weighted by molar-refractivity contribution is 7.89. The molecule has 0 aliphatic carbocycles. The van der Waals surface area contributed by atoms with E-state index in [1.54, 1.807) is 22.5 Å². The Balaban J connectivity index is 1.30. The molecular weight excluding hydrogens is 497 g/mol.